The van der Waals surface area contributed by atoms with Crippen LogP contribution in [0.2, 0.25) is 0 Å². The number of rotatable bonds is 6. The number of amides is 2. The second-order valence-corrected chi connectivity index (χ2v) is 9.81. The third-order valence-corrected chi connectivity index (χ3v) is 7.34. The summed E-state index contributed by atoms with van der Waals surface area (Å²) in [5, 5.41) is 15.3. The smallest absolute Gasteiger partial charge is 0.323 e. The molecule has 0 bridgehead atoms. The Morgan fingerprint density at radius 1 is 1.13 bits per heavy atom. The van der Waals surface area contributed by atoms with E-state index in [9.17, 15) is 14.7 Å². The van der Waals surface area contributed by atoms with Crippen molar-refractivity contribution in [3.8, 4) is 22.4 Å². The molecule has 0 radical (unpaired) electrons. The summed E-state index contributed by atoms with van der Waals surface area (Å²) in [5.74, 6) is -0.446. The number of anilines is 2. The van der Waals surface area contributed by atoms with E-state index in [1.54, 1.807) is 18.6 Å². The minimum absolute atomic E-state index is 0. The van der Waals surface area contributed by atoms with Crippen LogP contribution >= 0.6 is 23.7 Å². The Hall–Kier alpha value is -3.87. The molecule has 4 heterocycles. The first kappa shape index (κ1) is 27.2. The molecule has 1 aliphatic rings. The Balaban J connectivity index is 0.00000336. The lowest BCUT2D eigenvalue weighted by molar-refractivity contribution is -0.144. The fraction of sp³-hybridized carbons (Fsp3) is 0.280. The number of nitrogens with one attached hydrogen (secondary N) is 2. The lowest BCUT2D eigenvalue weighted by Crippen LogP contribution is -2.55. The molecule has 1 aromatic carbocycles. The van der Waals surface area contributed by atoms with Gasteiger partial charge in [0.15, 0.2) is 5.13 Å². The maximum Gasteiger partial charge on any atom is 0.323 e. The van der Waals surface area contributed by atoms with Gasteiger partial charge in [-0.3, -0.25) is 15.1 Å². The summed E-state index contributed by atoms with van der Waals surface area (Å²) in [5.41, 5.74) is 8.85. The molecular formula is C25H27ClN8O3S. The van der Waals surface area contributed by atoms with Gasteiger partial charge in [-0.2, -0.15) is 0 Å². The molecule has 0 aliphatic carbocycles. The third-order valence-electron chi connectivity index (χ3n) is 6.32. The molecule has 5 N–H and O–H groups in total. The fourth-order valence-electron chi connectivity index (χ4n) is 4.22. The molecule has 13 heteroatoms. The van der Waals surface area contributed by atoms with Gasteiger partial charge < -0.3 is 21.1 Å². The number of thiazole rings is 1. The standard InChI is InChI=1S/C25H26N8O3S.ClH/c1-2-27-23(36)32-24-31-19-12-15(11-17(20(19)37-24)18-5-3-4-8-28-18)16-13-29-22(30-14-16)33-9-6-25(26,7-10-33)21(34)35;/h3-5,8,11-14H,2,6-7,9-10,26H2,1H3,(H,34,35)(H2,27,31,32,36);1H. The zero-order valence-corrected chi connectivity index (χ0v) is 22.2. The van der Waals surface area contributed by atoms with Crippen molar-refractivity contribution < 1.29 is 14.7 Å². The lowest BCUT2D eigenvalue weighted by Gasteiger charge is -2.36. The number of fused-ring (bicyclic) bond motifs is 1. The van der Waals surface area contributed by atoms with E-state index in [-0.39, 0.29) is 18.4 Å². The van der Waals surface area contributed by atoms with Gasteiger partial charge in [-0.1, -0.05) is 17.4 Å². The van der Waals surface area contributed by atoms with Crippen LogP contribution in [-0.2, 0) is 4.79 Å². The average molecular weight is 555 g/mol. The number of aromatic nitrogens is 4. The van der Waals surface area contributed by atoms with Crippen molar-refractivity contribution in [3.05, 3.63) is 48.9 Å². The van der Waals surface area contributed by atoms with Gasteiger partial charge in [-0.25, -0.2) is 19.7 Å². The highest BCUT2D eigenvalue weighted by Gasteiger charge is 2.38. The molecule has 0 unspecified atom stereocenters. The maximum absolute atomic E-state index is 12.0. The zero-order chi connectivity index (χ0) is 26.0. The van der Waals surface area contributed by atoms with E-state index in [0.29, 0.717) is 43.6 Å². The first-order chi connectivity index (χ1) is 17.9. The SMILES string of the molecule is CCNC(=O)Nc1nc2cc(-c3cnc(N4CCC(N)(C(=O)O)CC4)nc3)cc(-c3ccccn3)c2s1.Cl. The Kier molecular flexibility index (Phi) is 8.05. The summed E-state index contributed by atoms with van der Waals surface area (Å²) in [6.07, 6.45) is 5.88. The van der Waals surface area contributed by atoms with Gasteiger partial charge in [0, 0.05) is 49.4 Å². The highest BCUT2D eigenvalue weighted by atomic mass is 35.5. The number of halogens is 1. The van der Waals surface area contributed by atoms with Crippen molar-refractivity contribution >= 4 is 57.0 Å². The molecule has 4 aromatic rings. The predicted molar refractivity (Wildman–Crippen MR) is 150 cm³/mol. The van der Waals surface area contributed by atoms with E-state index >= 15 is 0 Å². The molecule has 5 rings (SSSR count). The third kappa shape index (κ3) is 5.52. The van der Waals surface area contributed by atoms with E-state index in [2.05, 4.69) is 30.6 Å². The van der Waals surface area contributed by atoms with E-state index < -0.39 is 11.5 Å². The molecule has 1 aliphatic heterocycles. The number of hydrogen-bond acceptors (Lipinski definition) is 9. The second kappa shape index (κ2) is 11.3. The molecule has 1 fully saturated rings. The van der Waals surface area contributed by atoms with E-state index in [1.165, 1.54) is 11.3 Å². The molecule has 38 heavy (non-hydrogen) atoms. The first-order valence-electron chi connectivity index (χ1n) is 11.9. The monoisotopic (exact) mass is 554 g/mol. The van der Waals surface area contributed by atoms with Crippen molar-refractivity contribution in [2.24, 2.45) is 5.73 Å². The molecule has 198 valence electrons. The Bertz CT molecular complexity index is 1440. The number of benzene rings is 1. The van der Waals surface area contributed by atoms with Gasteiger partial charge in [0.25, 0.3) is 0 Å². The van der Waals surface area contributed by atoms with Crippen molar-refractivity contribution in [2.75, 3.05) is 29.9 Å². The highest BCUT2D eigenvalue weighted by Crippen LogP contribution is 2.38. The zero-order valence-electron chi connectivity index (χ0n) is 20.5. The molecule has 0 atom stereocenters. The first-order valence-corrected chi connectivity index (χ1v) is 12.7. The van der Waals surface area contributed by atoms with E-state index in [1.807, 2.05) is 42.2 Å². The van der Waals surface area contributed by atoms with Crippen molar-refractivity contribution in [2.45, 2.75) is 25.3 Å². The number of aliphatic carboxylic acids is 1. The summed E-state index contributed by atoms with van der Waals surface area (Å²) in [7, 11) is 0. The van der Waals surface area contributed by atoms with Gasteiger partial charge >= 0.3 is 12.0 Å². The van der Waals surface area contributed by atoms with E-state index in [4.69, 9.17) is 5.73 Å². The predicted octanol–water partition coefficient (Wildman–Crippen LogP) is 3.76. The number of carbonyl (C=O) groups excluding carboxylic acids is 1. The van der Waals surface area contributed by atoms with Crippen LogP contribution in [0.25, 0.3) is 32.6 Å². The Morgan fingerprint density at radius 3 is 2.50 bits per heavy atom. The average Bonchev–Trinajstić information content (AvgIpc) is 3.31. The van der Waals surface area contributed by atoms with Crippen LogP contribution in [0.3, 0.4) is 0 Å². The van der Waals surface area contributed by atoms with Crippen LogP contribution in [0.1, 0.15) is 19.8 Å². The minimum Gasteiger partial charge on any atom is -0.480 e. The second-order valence-electron chi connectivity index (χ2n) is 8.81. The number of nitrogens with zero attached hydrogens (tertiary/aromatic N) is 5. The molecule has 0 saturated carbocycles. The Labute approximate surface area is 228 Å². The number of carboxylic acid groups (broad SMARTS) is 1. The fourth-order valence-corrected chi connectivity index (χ4v) is 5.18. The lowest BCUT2D eigenvalue weighted by atomic mass is 9.89. The van der Waals surface area contributed by atoms with E-state index in [0.717, 1.165) is 32.6 Å². The number of carboxylic acids is 1. The highest BCUT2D eigenvalue weighted by molar-refractivity contribution is 7.22. The van der Waals surface area contributed by atoms with Crippen LogP contribution in [-0.4, -0.2) is 62.2 Å². The molecule has 2 amide bonds. The number of nitrogens with two attached hydrogens (primary N) is 1. The number of hydrogen-bond donors (Lipinski definition) is 4. The number of urea groups is 1. The largest absolute Gasteiger partial charge is 0.480 e. The summed E-state index contributed by atoms with van der Waals surface area (Å²) in [6, 6.07) is 9.37. The molecule has 11 nitrogen and oxygen atoms in total. The van der Waals surface area contributed by atoms with Gasteiger partial charge in [0.05, 0.1) is 15.9 Å². The summed E-state index contributed by atoms with van der Waals surface area (Å²) in [6.45, 7) is 3.31. The quantitative estimate of drug-likeness (QED) is 0.278. The topological polar surface area (TPSA) is 159 Å². The minimum atomic E-state index is -1.20. The van der Waals surface area contributed by atoms with Crippen LogP contribution in [0, 0.1) is 0 Å². The van der Waals surface area contributed by atoms with Gasteiger partial charge in [0.2, 0.25) is 5.95 Å². The van der Waals surface area contributed by atoms with Crippen molar-refractivity contribution in [1.82, 2.24) is 25.3 Å². The number of carbonyl (C=O) groups is 2. The number of pyridine rings is 1. The van der Waals surface area contributed by atoms with Crippen molar-refractivity contribution in [1.29, 1.82) is 0 Å². The van der Waals surface area contributed by atoms with Crippen LogP contribution in [0.15, 0.2) is 48.9 Å². The summed E-state index contributed by atoms with van der Waals surface area (Å²) < 4.78 is 0.906. The van der Waals surface area contributed by atoms with Crippen LogP contribution < -0.4 is 21.3 Å². The summed E-state index contributed by atoms with van der Waals surface area (Å²) in [4.78, 5) is 43.7. The van der Waals surface area contributed by atoms with Gasteiger partial charge in [-0.15, -0.1) is 12.4 Å². The molecule has 3 aromatic heterocycles. The molecular weight excluding hydrogens is 528 g/mol. The number of piperidine rings is 1. The Morgan fingerprint density at radius 2 is 1.87 bits per heavy atom. The van der Waals surface area contributed by atoms with Crippen molar-refractivity contribution in [3.63, 3.8) is 0 Å². The molecule has 0 spiro atoms. The normalized spacial score (nSPS) is 14.5. The van der Waals surface area contributed by atoms with Gasteiger partial charge in [0.1, 0.15) is 5.54 Å². The van der Waals surface area contributed by atoms with Crippen LogP contribution in [0.4, 0.5) is 15.9 Å². The maximum atomic E-state index is 12.0. The summed E-state index contributed by atoms with van der Waals surface area (Å²) >= 11 is 1.39. The molecule has 1 saturated heterocycles. The van der Waals surface area contributed by atoms with Gasteiger partial charge in [-0.05, 0) is 49.6 Å². The van der Waals surface area contributed by atoms with Crippen LogP contribution in [0.5, 0.6) is 0 Å².